The maximum atomic E-state index is 13.1. The molecule has 3 heterocycles. The van der Waals surface area contributed by atoms with Crippen molar-refractivity contribution in [1.29, 1.82) is 0 Å². The molecule has 0 spiro atoms. The van der Waals surface area contributed by atoms with Crippen molar-refractivity contribution in [2.75, 3.05) is 26.2 Å². The van der Waals surface area contributed by atoms with Crippen LogP contribution in [0.15, 0.2) is 54.9 Å². The van der Waals surface area contributed by atoms with E-state index in [-0.39, 0.29) is 5.91 Å². The number of aryl methyl sites for hydroxylation is 1. The van der Waals surface area contributed by atoms with Crippen molar-refractivity contribution < 1.29 is 4.79 Å². The summed E-state index contributed by atoms with van der Waals surface area (Å²) in [6, 6.07) is 13.7. The van der Waals surface area contributed by atoms with Gasteiger partial charge in [0.05, 0.1) is 16.9 Å². The van der Waals surface area contributed by atoms with Crippen LogP contribution in [0.5, 0.6) is 0 Å². The number of aromatic nitrogens is 3. The van der Waals surface area contributed by atoms with E-state index in [1.807, 2.05) is 66.7 Å². The first-order chi connectivity index (χ1) is 13.6. The van der Waals surface area contributed by atoms with Gasteiger partial charge in [0.1, 0.15) is 5.15 Å². The zero-order valence-electron chi connectivity index (χ0n) is 15.8. The largest absolute Gasteiger partial charge is 0.336 e. The van der Waals surface area contributed by atoms with E-state index in [0.29, 0.717) is 29.5 Å². The Hall–Kier alpha value is -2.70. The Balaban J connectivity index is 1.45. The Kier molecular flexibility index (Phi) is 5.41. The fourth-order valence-corrected chi connectivity index (χ4v) is 3.85. The molecule has 4 rings (SSSR count). The molecule has 7 heteroatoms. The first kappa shape index (κ1) is 18.7. The van der Waals surface area contributed by atoms with Gasteiger partial charge in [-0.25, -0.2) is 4.68 Å². The van der Waals surface area contributed by atoms with Gasteiger partial charge in [-0.3, -0.25) is 14.7 Å². The fraction of sp³-hybridized carbons (Fsp3) is 0.286. The number of pyridine rings is 1. The van der Waals surface area contributed by atoms with Crippen LogP contribution < -0.4 is 0 Å². The predicted octanol–water partition coefficient (Wildman–Crippen LogP) is 3.19. The zero-order chi connectivity index (χ0) is 19.5. The third-order valence-corrected chi connectivity index (χ3v) is 5.38. The number of hydrogen-bond donors (Lipinski definition) is 0. The predicted molar refractivity (Wildman–Crippen MR) is 109 cm³/mol. The van der Waals surface area contributed by atoms with Gasteiger partial charge in [-0.05, 0) is 36.8 Å². The molecule has 1 fully saturated rings. The van der Waals surface area contributed by atoms with Crippen molar-refractivity contribution in [3.63, 3.8) is 0 Å². The van der Waals surface area contributed by atoms with E-state index in [9.17, 15) is 4.79 Å². The monoisotopic (exact) mass is 395 g/mol. The van der Waals surface area contributed by atoms with Crippen molar-refractivity contribution in [2.45, 2.75) is 13.5 Å². The number of hydrogen-bond acceptors (Lipinski definition) is 4. The molecule has 3 aromatic rings. The minimum absolute atomic E-state index is 0.0479. The zero-order valence-corrected chi connectivity index (χ0v) is 16.5. The Morgan fingerprint density at radius 2 is 1.71 bits per heavy atom. The molecule has 1 saturated heterocycles. The summed E-state index contributed by atoms with van der Waals surface area (Å²) in [6.07, 6.45) is 3.62. The van der Waals surface area contributed by atoms with Crippen LogP contribution in [0.2, 0.25) is 5.15 Å². The first-order valence-electron chi connectivity index (χ1n) is 9.34. The maximum absolute atomic E-state index is 13.1. The lowest BCUT2D eigenvalue weighted by Crippen LogP contribution is -2.48. The Morgan fingerprint density at radius 3 is 2.39 bits per heavy atom. The molecule has 2 aromatic heterocycles. The molecule has 0 unspecified atom stereocenters. The highest BCUT2D eigenvalue weighted by molar-refractivity contribution is 6.33. The van der Waals surface area contributed by atoms with E-state index in [2.05, 4.69) is 15.0 Å². The van der Waals surface area contributed by atoms with Crippen LogP contribution in [-0.4, -0.2) is 56.7 Å². The second kappa shape index (κ2) is 8.12. The summed E-state index contributed by atoms with van der Waals surface area (Å²) >= 11 is 6.55. The maximum Gasteiger partial charge on any atom is 0.258 e. The van der Waals surface area contributed by atoms with Crippen LogP contribution in [-0.2, 0) is 6.54 Å². The van der Waals surface area contributed by atoms with Crippen LogP contribution in [0.1, 0.15) is 21.6 Å². The molecule has 0 N–H and O–H groups in total. The molecule has 1 aliphatic heterocycles. The molecule has 0 atom stereocenters. The number of halogens is 1. The van der Waals surface area contributed by atoms with Crippen LogP contribution in [0.4, 0.5) is 0 Å². The average molecular weight is 396 g/mol. The molecule has 6 nitrogen and oxygen atoms in total. The Morgan fingerprint density at radius 1 is 1.04 bits per heavy atom. The molecule has 1 aromatic carbocycles. The summed E-state index contributed by atoms with van der Waals surface area (Å²) in [5.74, 6) is -0.0479. The molecule has 0 saturated carbocycles. The van der Waals surface area contributed by atoms with E-state index >= 15 is 0 Å². The normalized spacial score (nSPS) is 15.0. The number of piperazine rings is 1. The molecular weight excluding hydrogens is 374 g/mol. The van der Waals surface area contributed by atoms with Gasteiger partial charge in [-0.1, -0.05) is 29.8 Å². The molecule has 0 radical (unpaired) electrons. The number of nitrogens with zero attached hydrogens (tertiary/aromatic N) is 5. The van der Waals surface area contributed by atoms with Gasteiger partial charge in [0.15, 0.2) is 0 Å². The SMILES string of the molecule is Cc1nn(-c2ccccc2)c(Cl)c1C(=O)N1CCN(Cc2ccncc2)CC1. The van der Waals surface area contributed by atoms with E-state index in [1.54, 1.807) is 4.68 Å². The minimum atomic E-state index is -0.0479. The summed E-state index contributed by atoms with van der Waals surface area (Å²) in [5, 5.41) is 4.86. The highest BCUT2D eigenvalue weighted by Gasteiger charge is 2.28. The quantitative estimate of drug-likeness (QED) is 0.680. The van der Waals surface area contributed by atoms with Crippen LogP contribution in [0.3, 0.4) is 0 Å². The van der Waals surface area contributed by atoms with Gasteiger partial charge in [-0.2, -0.15) is 5.10 Å². The molecule has 0 aliphatic carbocycles. The first-order valence-corrected chi connectivity index (χ1v) is 9.72. The van der Waals surface area contributed by atoms with Gasteiger partial charge in [0.2, 0.25) is 0 Å². The molecule has 144 valence electrons. The van der Waals surface area contributed by atoms with E-state index < -0.39 is 0 Å². The van der Waals surface area contributed by atoms with Gasteiger partial charge < -0.3 is 4.90 Å². The van der Waals surface area contributed by atoms with Gasteiger partial charge in [0, 0.05) is 45.1 Å². The molecule has 1 aliphatic rings. The van der Waals surface area contributed by atoms with Crippen molar-refractivity contribution in [3.05, 3.63) is 76.8 Å². The number of carbonyl (C=O) groups is 1. The Bertz CT molecular complexity index is 950. The average Bonchev–Trinajstić information content (AvgIpc) is 3.03. The summed E-state index contributed by atoms with van der Waals surface area (Å²) in [4.78, 5) is 21.4. The lowest BCUT2D eigenvalue weighted by molar-refractivity contribution is 0.0628. The fourth-order valence-electron chi connectivity index (χ4n) is 3.50. The third kappa shape index (κ3) is 3.79. The highest BCUT2D eigenvalue weighted by Crippen LogP contribution is 2.25. The number of rotatable bonds is 4. The highest BCUT2D eigenvalue weighted by atomic mass is 35.5. The number of para-hydroxylation sites is 1. The van der Waals surface area contributed by atoms with Crippen LogP contribution >= 0.6 is 11.6 Å². The van der Waals surface area contributed by atoms with E-state index in [1.165, 1.54) is 5.56 Å². The molecule has 28 heavy (non-hydrogen) atoms. The van der Waals surface area contributed by atoms with Gasteiger partial charge in [0.25, 0.3) is 5.91 Å². The summed E-state index contributed by atoms with van der Waals surface area (Å²) < 4.78 is 1.63. The van der Waals surface area contributed by atoms with E-state index in [0.717, 1.165) is 25.3 Å². The lowest BCUT2D eigenvalue weighted by atomic mass is 10.2. The Labute approximate surface area is 169 Å². The smallest absolute Gasteiger partial charge is 0.258 e. The molecule has 1 amide bonds. The topological polar surface area (TPSA) is 54.3 Å². The van der Waals surface area contributed by atoms with Gasteiger partial charge in [-0.15, -0.1) is 0 Å². The van der Waals surface area contributed by atoms with E-state index in [4.69, 9.17) is 11.6 Å². The number of benzene rings is 1. The van der Waals surface area contributed by atoms with Gasteiger partial charge >= 0.3 is 0 Å². The number of amides is 1. The van der Waals surface area contributed by atoms with Crippen LogP contribution in [0.25, 0.3) is 5.69 Å². The third-order valence-electron chi connectivity index (χ3n) is 5.03. The number of carbonyl (C=O) groups excluding carboxylic acids is 1. The minimum Gasteiger partial charge on any atom is -0.336 e. The summed E-state index contributed by atoms with van der Waals surface area (Å²) in [7, 11) is 0. The lowest BCUT2D eigenvalue weighted by Gasteiger charge is -2.34. The summed E-state index contributed by atoms with van der Waals surface area (Å²) in [6.45, 7) is 5.72. The second-order valence-corrected chi connectivity index (χ2v) is 7.28. The van der Waals surface area contributed by atoms with Crippen molar-refractivity contribution >= 4 is 17.5 Å². The molecular formula is C21H22ClN5O. The van der Waals surface area contributed by atoms with Crippen molar-refractivity contribution in [2.24, 2.45) is 0 Å². The summed E-state index contributed by atoms with van der Waals surface area (Å²) in [5.41, 5.74) is 3.22. The standard InChI is InChI=1S/C21H22ClN5O/c1-16-19(20(22)27(24-16)18-5-3-2-4-6-18)21(28)26-13-11-25(12-14-26)15-17-7-9-23-10-8-17/h2-10H,11-15H2,1H3. The molecule has 0 bridgehead atoms. The van der Waals surface area contributed by atoms with Crippen molar-refractivity contribution in [3.8, 4) is 5.69 Å². The van der Waals surface area contributed by atoms with Crippen molar-refractivity contribution in [1.82, 2.24) is 24.6 Å². The second-order valence-electron chi connectivity index (χ2n) is 6.92. The van der Waals surface area contributed by atoms with Crippen LogP contribution in [0, 0.1) is 6.92 Å².